The zero-order chi connectivity index (χ0) is 22.1. The molecule has 1 aliphatic rings. The molecule has 30 heavy (non-hydrogen) atoms. The first-order chi connectivity index (χ1) is 13.9. The average molecular weight is 455 g/mol. The summed E-state index contributed by atoms with van der Waals surface area (Å²) in [4.78, 5) is 8.36. The lowest BCUT2D eigenvalue weighted by Gasteiger charge is -2.30. The topological polar surface area (TPSA) is 79.5 Å². The van der Waals surface area contributed by atoms with Crippen LogP contribution >= 0.6 is 11.3 Å². The number of likely N-dealkylation sites (tertiary alicyclic amines) is 1. The molecule has 6 nitrogen and oxygen atoms in total. The van der Waals surface area contributed by atoms with Crippen molar-refractivity contribution in [1.82, 2.24) is 9.88 Å². The van der Waals surface area contributed by atoms with E-state index in [1.165, 1.54) is 23.5 Å². The van der Waals surface area contributed by atoms with Gasteiger partial charge in [0.1, 0.15) is 10.7 Å². The van der Waals surface area contributed by atoms with Gasteiger partial charge in [-0.2, -0.15) is 0 Å². The molecule has 3 rings (SSSR count). The van der Waals surface area contributed by atoms with Gasteiger partial charge in [0, 0.05) is 43.7 Å². The van der Waals surface area contributed by atoms with Crippen LogP contribution in [0, 0.1) is 11.2 Å². The second-order valence-corrected chi connectivity index (χ2v) is 11.5. The lowest BCUT2D eigenvalue weighted by Crippen LogP contribution is -2.36. The van der Waals surface area contributed by atoms with Crippen molar-refractivity contribution < 1.29 is 12.8 Å². The predicted molar refractivity (Wildman–Crippen MR) is 120 cm³/mol. The van der Waals surface area contributed by atoms with Gasteiger partial charge in [-0.1, -0.05) is 20.8 Å². The lowest BCUT2D eigenvalue weighted by molar-refractivity contribution is 0.263. The number of anilines is 1. The molecule has 0 radical (unpaired) electrons. The molecule has 2 heterocycles. The number of aromatic nitrogens is 1. The minimum Gasteiger partial charge on any atom is -0.370 e. The third-order valence-corrected chi connectivity index (χ3v) is 7.21. The summed E-state index contributed by atoms with van der Waals surface area (Å²) >= 11 is 1.47. The molecule has 1 fully saturated rings. The van der Waals surface area contributed by atoms with Gasteiger partial charge in [-0.05, 0) is 42.5 Å². The van der Waals surface area contributed by atoms with E-state index in [1.54, 1.807) is 5.51 Å². The zero-order valence-corrected chi connectivity index (χ0v) is 19.7. The van der Waals surface area contributed by atoms with Crippen LogP contribution in [0.3, 0.4) is 0 Å². The summed E-state index contributed by atoms with van der Waals surface area (Å²) in [6, 6.07) is 2.90. The number of hydrogen-bond acceptors (Lipinski definition) is 6. The highest BCUT2D eigenvalue weighted by atomic mass is 32.2. The van der Waals surface area contributed by atoms with Crippen molar-refractivity contribution in [3.63, 3.8) is 0 Å². The van der Waals surface area contributed by atoms with Crippen molar-refractivity contribution in [3.8, 4) is 0 Å². The second kappa shape index (κ2) is 8.90. The molecule has 0 unspecified atom stereocenters. The zero-order valence-electron chi connectivity index (χ0n) is 18.1. The summed E-state index contributed by atoms with van der Waals surface area (Å²) in [6.07, 6.45) is 2.53. The molecule has 1 aliphatic heterocycles. The highest BCUT2D eigenvalue weighted by Gasteiger charge is 2.29. The number of likely N-dealkylation sites (N-methyl/N-ethyl adjacent to an activating group) is 1. The minimum absolute atomic E-state index is 0.235. The molecule has 0 spiro atoms. The maximum Gasteiger partial charge on any atom is 0.240 e. The summed E-state index contributed by atoms with van der Waals surface area (Å²) in [5.74, 6) is -0.816. The maximum atomic E-state index is 14.7. The number of nitrogens with zero attached hydrogens (tertiary/aromatic N) is 3. The summed E-state index contributed by atoms with van der Waals surface area (Å²) < 4.78 is 38.4. The van der Waals surface area contributed by atoms with Crippen LogP contribution < -0.4 is 10.0 Å². The van der Waals surface area contributed by atoms with Crippen LogP contribution in [0.15, 0.2) is 27.9 Å². The monoisotopic (exact) mass is 454 g/mol. The van der Waals surface area contributed by atoms with Crippen LogP contribution in [0.25, 0.3) is 0 Å². The van der Waals surface area contributed by atoms with Crippen LogP contribution in [0.1, 0.15) is 44.9 Å². The number of sulfonamides is 1. The average Bonchev–Trinajstić information content (AvgIpc) is 3.30. The number of hydrogen-bond donors (Lipinski definition) is 1. The smallest absolute Gasteiger partial charge is 0.240 e. The van der Waals surface area contributed by atoms with E-state index < -0.39 is 20.7 Å². The number of halogens is 1. The van der Waals surface area contributed by atoms with Crippen molar-refractivity contribution in [2.45, 2.75) is 51.0 Å². The van der Waals surface area contributed by atoms with Crippen LogP contribution in [-0.4, -0.2) is 51.0 Å². The third-order valence-electron chi connectivity index (χ3n) is 5.65. The number of primary sulfonamides is 1. The van der Waals surface area contributed by atoms with E-state index in [4.69, 9.17) is 5.14 Å². The van der Waals surface area contributed by atoms with E-state index in [1.807, 2.05) is 12.4 Å². The van der Waals surface area contributed by atoms with Gasteiger partial charge >= 0.3 is 0 Å². The fourth-order valence-electron chi connectivity index (χ4n) is 3.81. The Bertz CT molecular complexity index is 972. The number of nitrogens with two attached hydrogens (primary N) is 1. The van der Waals surface area contributed by atoms with Gasteiger partial charge in [-0.3, -0.25) is 0 Å². The number of rotatable bonds is 7. The Kier molecular flexibility index (Phi) is 6.86. The van der Waals surface area contributed by atoms with Crippen LogP contribution in [0.5, 0.6) is 0 Å². The van der Waals surface area contributed by atoms with E-state index in [2.05, 4.69) is 35.6 Å². The van der Waals surface area contributed by atoms with Crippen molar-refractivity contribution >= 4 is 27.0 Å². The molecule has 0 saturated carbocycles. The highest BCUT2D eigenvalue weighted by Crippen LogP contribution is 2.31. The Morgan fingerprint density at radius 2 is 2.10 bits per heavy atom. The summed E-state index contributed by atoms with van der Waals surface area (Å²) in [5.41, 5.74) is 4.24. The predicted octanol–water partition coefficient (Wildman–Crippen LogP) is 3.47. The normalized spacial score (nSPS) is 18.1. The molecule has 2 aromatic rings. The molecule has 0 aliphatic carbocycles. The van der Waals surface area contributed by atoms with E-state index in [0.29, 0.717) is 17.7 Å². The second-order valence-electron chi connectivity index (χ2n) is 9.28. The largest absolute Gasteiger partial charge is 0.370 e. The minimum atomic E-state index is -4.15. The molecule has 0 bridgehead atoms. The van der Waals surface area contributed by atoms with E-state index in [-0.39, 0.29) is 11.5 Å². The molecule has 2 N–H and O–H groups in total. The Hall–Kier alpha value is -1.55. The first-order valence-electron chi connectivity index (χ1n) is 10.1. The molecule has 0 amide bonds. The van der Waals surface area contributed by atoms with Crippen molar-refractivity contribution in [3.05, 3.63) is 40.1 Å². The molecule has 1 aromatic carbocycles. The van der Waals surface area contributed by atoms with E-state index >= 15 is 0 Å². The van der Waals surface area contributed by atoms with E-state index in [0.717, 1.165) is 38.2 Å². The highest BCUT2D eigenvalue weighted by molar-refractivity contribution is 7.89. The Balaban J connectivity index is 1.85. The quantitative estimate of drug-likeness (QED) is 0.693. The van der Waals surface area contributed by atoms with Crippen LogP contribution in [-0.2, 0) is 16.4 Å². The van der Waals surface area contributed by atoms with Crippen LogP contribution in [0.2, 0.25) is 0 Å². The number of benzene rings is 1. The van der Waals surface area contributed by atoms with Gasteiger partial charge < -0.3 is 9.80 Å². The molecule has 1 atom stereocenters. The van der Waals surface area contributed by atoms with Crippen molar-refractivity contribution in [2.75, 3.05) is 31.6 Å². The van der Waals surface area contributed by atoms with Gasteiger partial charge in [0.25, 0.3) is 0 Å². The summed E-state index contributed by atoms with van der Waals surface area (Å²) in [5, 5.41) is 7.14. The first kappa shape index (κ1) is 23.1. The molecular weight excluding hydrogens is 423 g/mol. The van der Waals surface area contributed by atoms with Crippen molar-refractivity contribution in [1.29, 1.82) is 0 Å². The van der Waals surface area contributed by atoms with Crippen molar-refractivity contribution in [2.24, 2.45) is 10.6 Å². The van der Waals surface area contributed by atoms with Crippen LogP contribution in [0.4, 0.5) is 10.1 Å². The molecule has 1 saturated heterocycles. The molecule has 166 valence electrons. The van der Waals surface area contributed by atoms with E-state index in [9.17, 15) is 12.8 Å². The Labute approximate surface area is 183 Å². The van der Waals surface area contributed by atoms with Gasteiger partial charge in [-0.25, -0.2) is 22.9 Å². The van der Waals surface area contributed by atoms with Gasteiger partial charge in [-0.15, -0.1) is 11.3 Å². The molecule has 9 heteroatoms. The molecular formula is C21H31FN4O2S2. The summed E-state index contributed by atoms with van der Waals surface area (Å²) in [6.45, 7) is 9.68. The Morgan fingerprint density at radius 3 is 2.70 bits per heavy atom. The van der Waals surface area contributed by atoms with Gasteiger partial charge in [0.2, 0.25) is 10.0 Å². The third kappa shape index (κ3) is 5.78. The Morgan fingerprint density at radius 1 is 1.37 bits per heavy atom. The number of thiazole rings is 1. The van der Waals surface area contributed by atoms with Gasteiger partial charge in [0.05, 0.1) is 11.2 Å². The fourth-order valence-corrected chi connectivity index (χ4v) is 5.01. The molecule has 1 aromatic heterocycles. The SMILES string of the molecule is CN(c1cc(F)c(S(N)(=O)=O)cc1Cc1cscn1)[C@H]1CCN(CCC(C)(C)C)C1. The summed E-state index contributed by atoms with van der Waals surface area (Å²) in [7, 11) is -2.19. The lowest BCUT2D eigenvalue weighted by atomic mass is 9.92. The standard InChI is InChI=1S/C21H31FN4O2S2/c1-21(2,3)6-8-26-7-5-17(12-26)25(4)19-11-18(22)20(30(23,27)28)10-15(19)9-16-13-29-14-24-16/h10-11,13-14,17H,5-9,12H2,1-4H3,(H2,23,27,28)/t17-/m0/s1. The van der Waals surface area contributed by atoms with Gasteiger partial charge in [0.15, 0.2) is 0 Å². The maximum absolute atomic E-state index is 14.7. The first-order valence-corrected chi connectivity index (χ1v) is 12.6. The fraction of sp³-hybridized carbons (Fsp3) is 0.571.